The number of carbonyl (C=O) groups excluding carboxylic acids is 2. The topological polar surface area (TPSA) is 69.6 Å². The van der Waals surface area contributed by atoms with Gasteiger partial charge in [0, 0.05) is 16.0 Å². The smallest absolute Gasteiger partial charge is 0.243 e. The highest BCUT2D eigenvalue weighted by molar-refractivity contribution is 6.30. The van der Waals surface area contributed by atoms with Crippen LogP contribution in [0.4, 0.5) is 0 Å². The lowest BCUT2D eigenvalue weighted by molar-refractivity contribution is -0.159. The molecule has 1 heterocycles. The molecule has 1 saturated heterocycles. The fourth-order valence-corrected chi connectivity index (χ4v) is 5.52. The summed E-state index contributed by atoms with van der Waals surface area (Å²) >= 11 is 12.6. The minimum atomic E-state index is -0.824. The molecule has 1 unspecified atom stereocenters. The molecule has 2 amide bonds. The molecule has 0 saturated carbocycles. The van der Waals surface area contributed by atoms with E-state index in [1.165, 1.54) is 0 Å². The third kappa shape index (κ3) is 5.96. The maximum atomic E-state index is 14.3. The van der Waals surface area contributed by atoms with Gasteiger partial charge in [0.1, 0.15) is 6.04 Å². The Morgan fingerprint density at radius 2 is 1.89 bits per heavy atom. The summed E-state index contributed by atoms with van der Waals surface area (Å²) in [6.45, 7) is 11.0. The maximum absolute atomic E-state index is 14.3. The van der Waals surface area contributed by atoms with Gasteiger partial charge in [-0.15, -0.1) is 6.58 Å². The Labute approximate surface area is 224 Å². The van der Waals surface area contributed by atoms with E-state index in [1.807, 2.05) is 62.4 Å². The molecule has 36 heavy (non-hydrogen) atoms. The van der Waals surface area contributed by atoms with Crippen LogP contribution in [0.25, 0.3) is 0 Å². The number of nitrogens with one attached hydrogen (secondary N) is 1. The van der Waals surface area contributed by atoms with Crippen molar-refractivity contribution in [3.05, 3.63) is 82.4 Å². The molecule has 2 aromatic carbocycles. The Morgan fingerprint density at radius 3 is 2.44 bits per heavy atom. The summed E-state index contributed by atoms with van der Waals surface area (Å²) in [6.07, 6.45) is 3.23. The number of piperidine rings is 1. The molecule has 3 rings (SSSR count). The summed E-state index contributed by atoms with van der Waals surface area (Å²) in [5, 5.41) is 13.9. The summed E-state index contributed by atoms with van der Waals surface area (Å²) in [7, 11) is 0. The molecule has 5 nitrogen and oxygen atoms in total. The van der Waals surface area contributed by atoms with Crippen molar-refractivity contribution in [1.82, 2.24) is 10.2 Å². The van der Waals surface area contributed by atoms with Crippen LogP contribution >= 0.6 is 23.2 Å². The normalized spacial score (nSPS) is 23.3. The minimum absolute atomic E-state index is 0.0931. The fraction of sp³-hybridized carbons (Fsp3) is 0.448. The van der Waals surface area contributed by atoms with Crippen LogP contribution in [0.15, 0.2) is 61.2 Å². The van der Waals surface area contributed by atoms with Gasteiger partial charge in [0.15, 0.2) is 0 Å². The summed E-state index contributed by atoms with van der Waals surface area (Å²) in [6, 6.07) is 14.0. The van der Waals surface area contributed by atoms with Crippen molar-refractivity contribution in [2.75, 3.05) is 6.61 Å². The van der Waals surface area contributed by atoms with E-state index in [2.05, 4.69) is 11.9 Å². The van der Waals surface area contributed by atoms with Gasteiger partial charge in [0.2, 0.25) is 11.8 Å². The number of aliphatic hydroxyl groups is 1. The molecule has 0 bridgehead atoms. The number of hydrogen-bond acceptors (Lipinski definition) is 3. The van der Waals surface area contributed by atoms with Gasteiger partial charge in [0.05, 0.1) is 23.6 Å². The lowest BCUT2D eigenvalue weighted by atomic mass is 9.67. The number of halogens is 2. The molecule has 2 aromatic rings. The second-order valence-corrected chi connectivity index (χ2v) is 11.5. The minimum Gasteiger partial charge on any atom is -0.394 e. The molecule has 4 atom stereocenters. The highest BCUT2D eigenvalue weighted by atomic mass is 35.5. The zero-order valence-electron chi connectivity index (χ0n) is 21.4. The Morgan fingerprint density at radius 1 is 1.22 bits per heavy atom. The van der Waals surface area contributed by atoms with Gasteiger partial charge in [-0.05, 0) is 68.5 Å². The molecule has 0 radical (unpaired) electrons. The molecule has 0 aliphatic carbocycles. The quantitative estimate of drug-likeness (QED) is 0.373. The number of rotatable bonds is 9. The number of likely N-dealkylation sites (tertiary alicyclic amines) is 1. The zero-order chi connectivity index (χ0) is 26.7. The van der Waals surface area contributed by atoms with E-state index >= 15 is 0 Å². The number of aliphatic hydroxyl groups excluding tert-OH is 1. The van der Waals surface area contributed by atoms with Crippen LogP contribution in [0, 0.1) is 5.41 Å². The average molecular weight is 532 g/mol. The van der Waals surface area contributed by atoms with Crippen molar-refractivity contribution in [2.45, 2.75) is 70.5 Å². The Kier molecular flexibility index (Phi) is 8.92. The number of allylic oxidation sites excluding steroid dienone is 1. The van der Waals surface area contributed by atoms with E-state index in [-0.39, 0.29) is 24.3 Å². The van der Waals surface area contributed by atoms with Crippen molar-refractivity contribution in [3.63, 3.8) is 0 Å². The van der Waals surface area contributed by atoms with E-state index in [9.17, 15) is 14.7 Å². The summed E-state index contributed by atoms with van der Waals surface area (Å²) < 4.78 is 0. The largest absolute Gasteiger partial charge is 0.394 e. The molecule has 0 aromatic heterocycles. The Hall–Kier alpha value is -2.34. The van der Waals surface area contributed by atoms with Crippen LogP contribution in [-0.4, -0.2) is 40.0 Å². The standard InChI is InChI=1S/C29H36Cl2N2O3/c1-6-15-29(5)17-23(20-9-8-10-22(31)16-20)25(19-11-13-21(30)14-12-19)33(27(29)36)24(7-2)26(35)32-28(3,4)18-34/h6,8-14,16,23-25,34H,1,7,15,17-18H2,2-5H3,(H,32,35)/t23-,24?,25-,29+/m1/s1. The molecule has 1 aliphatic heterocycles. The second-order valence-electron chi connectivity index (χ2n) is 10.6. The van der Waals surface area contributed by atoms with Gasteiger partial charge >= 0.3 is 0 Å². The third-order valence-electron chi connectivity index (χ3n) is 7.07. The first-order valence-corrected chi connectivity index (χ1v) is 13.1. The van der Waals surface area contributed by atoms with E-state index in [0.717, 1.165) is 11.1 Å². The predicted molar refractivity (Wildman–Crippen MR) is 146 cm³/mol. The van der Waals surface area contributed by atoms with Crippen molar-refractivity contribution < 1.29 is 14.7 Å². The lowest BCUT2D eigenvalue weighted by Gasteiger charge is -2.51. The second kappa shape index (κ2) is 11.4. The van der Waals surface area contributed by atoms with E-state index in [1.54, 1.807) is 24.8 Å². The van der Waals surface area contributed by atoms with Gasteiger partial charge < -0.3 is 15.3 Å². The average Bonchev–Trinajstić information content (AvgIpc) is 2.83. The number of hydrogen-bond donors (Lipinski definition) is 2. The monoisotopic (exact) mass is 530 g/mol. The van der Waals surface area contributed by atoms with Crippen LogP contribution < -0.4 is 5.32 Å². The number of amides is 2. The first-order chi connectivity index (χ1) is 17.0. The fourth-order valence-electron chi connectivity index (χ4n) is 5.20. The molecule has 1 fully saturated rings. The van der Waals surface area contributed by atoms with Crippen molar-refractivity contribution in [1.29, 1.82) is 0 Å². The van der Waals surface area contributed by atoms with E-state index < -0.39 is 23.0 Å². The number of carbonyl (C=O) groups is 2. The summed E-state index contributed by atoms with van der Waals surface area (Å²) in [5.41, 5.74) is 0.320. The zero-order valence-corrected chi connectivity index (χ0v) is 22.9. The SMILES string of the molecule is C=CC[C@@]1(C)C[C@H](c2cccc(Cl)c2)[C@@H](c2ccc(Cl)cc2)N(C(CC)C(=O)NC(C)(C)CO)C1=O. The van der Waals surface area contributed by atoms with Gasteiger partial charge in [-0.25, -0.2) is 0 Å². The first-order valence-electron chi connectivity index (χ1n) is 12.3. The highest BCUT2D eigenvalue weighted by Gasteiger charge is 2.52. The molecule has 7 heteroatoms. The van der Waals surface area contributed by atoms with Gasteiger partial charge in [-0.3, -0.25) is 9.59 Å². The highest BCUT2D eigenvalue weighted by Crippen LogP contribution is 2.52. The van der Waals surface area contributed by atoms with Crippen LogP contribution in [0.2, 0.25) is 10.0 Å². The summed E-state index contributed by atoms with van der Waals surface area (Å²) in [5.74, 6) is -0.513. The molecular weight excluding hydrogens is 495 g/mol. The van der Waals surface area contributed by atoms with Gasteiger partial charge in [-0.2, -0.15) is 0 Å². The van der Waals surface area contributed by atoms with Gasteiger partial charge in [0.25, 0.3) is 0 Å². The maximum Gasteiger partial charge on any atom is 0.243 e. The first kappa shape index (κ1) is 28.2. The molecular formula is C29H36Cl2N2O3. The Balaban J connectivity index is 2.23. The van der Waals surface area contributed by atoms with E-state index in [4.69, 9.17) is 23.2 Å². The number of nitrogens with zero attached hydrogens (tertiary/aromatic N) is 1. The number of benzene rings is 2. The van der Waals surface area contributed by atoms with Crippen LogP contribution in [0.1, 0.15) is 70.0 Å². The van der Waals surface area contributed by atoms with Gasteiger partial charge in [-0.1, -0.05) is 67.4 Å². The lowest BCUT2D eigenvalue weighted by Crippen LogP contribution is -2.61. The molecule has 194 valence electrons. The molecule has 2 N–H and O–H groups in total. The van der Waals surface area contributed by atoms with Crippen molar-refractivity contribution >= 4 is 35.0 Å². The van der Waals surface area contributed by atoms with Crippen LogP contribution in [0.5, 0.6) is 0 Å². The molecule has 0 spiro atoms. The predicted octanol–water partition coefficient (Wildman–Crippen LogP) is 6.30. The van der Waals surface area contributed by atoms with Crippen molar-refractivity contribution in [2.24, 2.45) is 5.41 Å². The van der Waals surface area contributed by atoms with Crippen LogP contribution in [0.3, 0.4) is 0 Å². The van der Waals surface area contributed by atoms with E-state index in [0.29, 0.717) is 29.3 Å². The van der Waals surface area contributed by atoms with Crippen LogP contribution in [-0.2, 0) is 9.59 Å². The third-order valence-corrected chi connectivity index (χ3v) is 7.55. The van der Waals surface area contributed by atoms with Crippen molar-refractivity contribution in [3.8, 4) is 0 Å². The summed E-state index contributed by atoms with van der Waals surface area (Å²) in [4.78, 5) is 29.6. The molecule has 1 aliphatic rings. The Bertz CT molecular complexity index is 1100.